The van der Waals surface area contributed by atoms with Crippen molar-refractivity contribution < 1.29 is 4.79 Å². The van der Waals surface area contributed by atoms with Gasteiger partial charge in [0.15, 0.2) is 0 Å². The van der Waals surface area contributed by atoms with Crippen LogP contribution in [0.25, 0.3) is 0 Å². The standard InChI is InChI=1S/C22H43NO/c1-3-4-5-6-7-8-9-10-11-12-13-14-15-16-17-18-19-20-21(2)22(23)24/h20H,3-19H2,1-2H3,(H2,23,24)/b21-20+. The summed E-state index contributed by atoms with van der Waals surface area (Å²) in [6, 6.07) is 0. The Morgan fingerprint density at radius 2 is 1.00 bits per heavy atom. The van der Waals surface area contributed by atoms with Gasteiger partial charge >= 0.3 is 0 Å². The summed E-state index contributed by atoms with van der Waals surface area (Å²) in [5.41, 5.74) is 5.91. The maximum absolute atomic E-state index is 10.9. The number of carbonyl (C=O) groups excluding carboxylic acids is 1. The molecular weight excluding hydrogens is 294 g/mol. The number of hydrogen-bond acceptors (Lipinski definition) is 1. The molecule has 0 aromatic rings. The number of amides is 1. The Balaban J connectivity index is 3.10. The van der Waals surface area contributed by atoms with Gasteiger partial charge in [0.25, 0.3) is 0 Å². The summed E-state index contributed by atoms with van der Waals surface area (Å²) in [5, 5.41) is 0. The molecule has 0 bridgehead atoms. The molecule has 0 aromatic heterocycles. The van der Waals surface area contributed by atoms with Crippen LogP contribution >= 0.6 is 0 Å². The van der Waals surface area contributed by atoms with Crippen LogP contribution in [0.5, 0.6) is 0 Å². The minimum absolute atomic E-state index is 0.286. The molecule has 0 radical (unpaired) electrons. The lowest BCUT2D eigenvalue weighted by Gasteiger charge is -2.03. The molecule has 0 saturated heterocycles. The molecule has 24 heavy (non-hydrogen) atoms. The Kier molecular flexibility index (Phi) is 17.9. The Labute approximate surface area is 151 Å². The van der Waals surface area contributed by atoms with Gasteiger partial charge in [-0.25, -0.2) is 0 Å². The molecule has 2 N–H and O–H groups in total. The molecule has 0 atom stereocenters. The Morgan fingerprint density at radius 1 is 0.667 bits per heavy atom. The molecule has 0 unspecified atom stereocenters. The molecule has 2 nitrogen and oxygen atoms in total. The van der Waals surface area contributed by atoms with Crippen LogP contribution in [0, 0.1) is 0 Å². The maximum Gasteiger partial charge on any atom is 0.244 e. The highest BCUT2D eigenvalue weighted by Gasteiger charge is 1.96. The highest BCUT2D eigenvalue weighted by molar-refractivity contribution is 5.91. The Bertz CT molecular complexity index is 309. The summed E-state index contributed by atoms with van der Waals surface area (Å²) in [6.45, 7) is 4.08. The SMILES string of the molecule is CCCCCCCCCCCCCCCCCC/C=C(\C)C(N)=O. The van der Waals surface area contributed by atoms with E-state index in [4.69, 9.17) is 5.73 Å². The molecule has 0 spiro atoms. The molecule has 0 aliphatic heterocycles. The van der Waals surface area contributed by atoms with E-state index in [1.54, 1.807) is 6.92 Å². The van der Waals surface area contributed by atoms with Crippen molar-refractivity contribution in [3.8, 4) is 0 Å². The Morgan fingerprint density at radius 3 is 1.33 bits per heavy atom. The van der Waals surface area contributed by atoms with Crippen LogP contribution in [0.2, 0.25) is 0 Å². The lowest BCUT2D eigenvalue weighted by Crippen LogP contribution is -2.11. The van der Waals surface area contributed by atoms with Crippen LogP contribution in [0.1, 0.15) is 123 Å². The van der Waals surface area contributed by atoms with Crippen LogP contribution in [0.4, 0.5) is 0 Å². The fourth-order valence-electron chi connectivity index (χ4n) is 3.11. The van der Waals surface area contributed by atoms with Crippen molar-refractivity contribution >= 4 is 5.91 Å². The van der Waals surface area contributed by atoms with Gasteiger partial charge in [0.1, 0.15) is 0 Å². The van der Waals surface area contributed by atoms with Gasteiger partial charge in [0, 0.05) is 5.57 Å². The van der Waals surface area contributed by atoms with Crippen LogP contribution in [0.15, 0.2) is 11.6 Å². The number of carbonyl (C=O) groups is 1. The number of primary amides is 1. The number of rotatable bonds is 18. The summed E-state index contributed by atoms with van der Waals surface area (Å²) in [6.07, 6.45) is 25.3. The molecule has 0 saturated carbocycles. The number of nitrogens with two attached hydrogens (primary N) is 1. The first-order chi connectivity index (χ1) is 11.7. The largest absolute Gasteiger partial charge is 0.366 e. The smallest absolute Gasteiger partial charge is 0.244 e. The zero-order valence-corrected chi connectivity index (χ0v) is 16.6. The van der Waals surface area contributed by atoms with E-state index in [-0.39, 0.29) is 5.91 Å². The normalized spacial score (nSPS) is 11.8. The molecule has 142 valence electrons. The van der Waals surface area contributed by atoms with Crippen LogP contribution in [-0.2, 0) is 4.79 Å². The van der Waals surface area contributed by atoms with Crippen molar-refractivity contribution in [3.63, 3.8) is 0 Å². The second-order valence-electron chi connectivity index (χ2n) is 7.34. The molecule has 1 amide bonds. The van der Waals surface area contributed by atoms with Gasteiger partial charge in [-0.1, -0.05) is 109 Å². The molecule has 0 heterocycles. The van der Waals surface area contributed by atoms with Crippen molar-refractivity contribution in [2.75, 3.05) is 0 Å². The third-order valence-corrected chi connectivity index (χ3v) is 4.90. The van der Waals surface area contributed by atoms with Crippen LogP contribution in [0.3, 0.4) is 0 Å². The third-order valence-electron chi connectivity index (χ3n) is 4.90. The highest BCUT2D eigenvalue weighted by Crippen LogP contribution is 2.14. The van der Waals surface area contributed by atoms with Gasteiger partial charge in [-0.05, 0) is 19.8 Å². The average Bonchev–Trinajstić information content (AvgIpc) is 2.57. The fraction of sp³-hybridized carbons (Fsp3) is 0.864. The Hall–Kier alpha value is -0.790. The van der Waals surface area contributed by atoms with E-state index in [2.05, 4.69) is 6.92 Å². The average molecular weight is 338 g/mol. The molecule has 2 heteroatoms. The minimum Gasteiger partial charge on any atom is -0.366 e. The zero-order chi connectivity index (χ0) is 17.9. The van der Waals surface area contributed by atoms with Gasteiger partial charge in [0.05, 0.1) is 0 Å². The lowest BCUT2D eigenvalue weighted by atomic mass is 10.0. The molecule has 0 aliphatic rings. The number of unbranched alkanes of at least 4 members (excludes halogenated alkanes) is 16. The van der Waals surface area contributed by atoms with E-state index in [1.807, 2.05) is 6.08 Å². The maximum atomic E-state index is 10.9. The van der Waals surface area contributed by atoms with Gasteiger partial charge in [-0.2, -0.15) is 0 Å². The van der Waals surface area contributed by atoms with E-state index in [0.29, 0.717) is 5.57 Å². The van der Waals surface area contributed by atoms with Crippen molar-refractivity contribution in [2.24, 2.45) is 5.73 Å². The molecule has 0 rings (SSSR count). The van der Waals surface area contributed by atoms with E-state index < -0.39 is 0 Å². The van der Waals surface area contributed by atoms with Crippen molar-refractivity contribution in [3.05, 3.63) is 11.6 Å². The van der Waals surface area contributed by atoms with Crippen LogP contribution < -0.4 is 5.73 Å². The first-order valence-electron chi connectivity index (χ1n) is 10.6. The predicted molar refractivity (Wildman–Crippen MR) is 107 cm³/mol. The van der Waals surface area contributed by atoms with E-state index >= 15 is 0 Å². The molecule has 0 aliphatic carbocycles. The first kappa shape index (κ1) is 23.2. The lowest BCUT2D eigenvalue weighted by molar-refractivity contribution is -0.114. The van der Waals surface area contributed by atoms with Gasteiger partial charge in [-0.15, -0.1) is 0 Å². The number of allylic oxidation sites excluding steroid dienone is 1. The summed E-state index contributed by atoms with van der Waals surface area (Å²) < 4.78 is 0. The topological polar surface area (TPSA) is 43.1 Å². The second kappa shape index (κ2) is 18.5. The fourth-order valence-corrected chi connectivity index (χ4v) is 3.11. The minimum atomic E-state index is -0.286. The summed E-state index contributed by atoms with van der Waals surface area (Å²) in [7, 11) is 0. The predicted octanol–water partition coefficient (Wildman–Crippen LogP) is 7.07. The van der Waals surface area contributed by atoms with Gasteiger partial charge in [-0.3, -0.25) is 4.79 Å². The summed E-state index contributed by atoms with van der Waals surface area (Å²) in [5.74, 6) is -0.286. The third kappa shape index (κ3) is 17.6. The van der Waals surface area contributed by atoms with Crippen molar-refractivity contribution in [2.45, 2.75) is 123 Å². The van der Waals surface area contributed by atoms with Crippen LogP contribution in [-0.4, -0.2) is 5.91 Å². The summed E-state index contributed by atoms with van der Waals surface area (Å²) >= 11 is 0. The van der Waals surface area contributed by atoms with E-state index in [9.17, 15) is 4.79 Å². The first-order valence-corrected chi connectivity index (χ1v) is 10.6. The van der Waals surface area contributed by atoms with Gasteiger partial charge in [0.2, 0.25) is 5.91 Å². The molecule has 0 aromatic carbocycles. The van der Waals surface area contributed by atoms with Crippen molar-refractivity contribution in [1.82, 2.24) is 0 Å². The van der Waals surface area contributed by atoms with E-state index in [1.165, 1.54) is 103 Å². The highest BCUT2D eigenvalue weighted by atomic mass is 16.1. The molecular formula is C22H43NO. The second-order valence-corrected chi connectivity index (χ2v) is 7.34. The van der Waals surface area contributed by atoms with Crippen molar-refractivity contribution in [1.29, 1.82) is 0 Å². The van der Waals surface area contributed by atoms with Gasteiger partial charge < -0.3 is 5.73 Å². The quantitative estimate of drug-likeness (QED) is 0.211. The number of hydrogen-bond donors (Lipinski definition) is 1. The zero-order valence-electron chi connectivity index (χ0n) is 16.6. The molecule has 0 fully saturated rings. The summed E-state index contributed by atoms with van der Waals surface area (Å²) in [4.78, 5) is 10.9. The monoisotopic (exact) mass is 337 g/mol. The van der Waals surface area contributed by atoms with E-state index in [0.717, 1.165) is 6.42 Å².